The van der Waals surface area contributed by atoms with Crippen LogP contribution >= 0.6 is 0 Å². The van der Waals surface area contributed by atoms with Crippen molar-refractivity contribution in [2.45, 2.75) is 65.1 Å². The van der Waals surface area contributed by atoms with Gasteiger partial charge in [-0.3, -0.25) is 0 Å². The smallest absolute Gasteiger partial charge is 0.191 e. The summed E-state index contributed by atoms with van der Waals surface area (Å²) >= 11 is 0. The Bertz CT molecular complexity index is 688. The maximum Gasteiger partial charge on any atom is 0.191 e. The minimum atomic E-state index is -0.672. The highest BCUT2D eigenvalue weighted by molar-refractivity contribution is 5.79. The van der Waals surface area contributed by atoms with Gasteiger partial charge in [0, 0.05) is 32.0 Å². The number of nitrogens with one attached hydrogen (secondary N) is 2. The standard InChI is InChI=1S/C22H35N5O/c1-4-11-22(28,12-5-2)17-26-21(24-6-3)25-15-19-7-9-20(10-8-19)16-27-14-13-23-18-27/h7-10,13-14,18,28H,4-6,11-12,15-17H2,1-3H3,(H2,24,25,26). The molecule has 6 nitrogen and oxygen atoms in total. The van der Waals surface area contributed by atoms with Crippen molar-refractivity contribution in [2.24, 2.45) is 4.99 Å². The zero-order valence-electron chi connectivity index (χ0n) is 17.5. The monoisotopic (exact) mass is 385 g/mol. The molecule has 0 saturated carbocycles. The van der Waals surface area contributed by atoms with Crippen LogP contribution in [0, 0.1) is 0 Å². The third-order valence-electron chi connectivity index (χ3n) is 4.73. The van der Waals surface area contributed by atoms with Crippen LogP contribution < -0.4 is 10.6 Å². The van der Waals surface area contributed by atoms with Crippen LogP contribution in [0.3, 0.4) is 0 Å². The molecule has 3 N–H and O–H groups in total. The minimum Gasteiger partial charge on any atom is -0.388 e. The molecule has 0 saturated heterocycles. The molecule has 0 unspecified atom stereocenters. The second-order valence-corrected chi connectivity index (χ2v) is 7.32. The topological polar surface area (TPSA) is 74.5 Å². The molecule has 1 aromatic heterocycles. The lowest BCUT2D eigenvalue weighted by Crippen LogP contribution is -2.47. The summed E-state index contributed by atoms with van der Waals surface area (Å²) in [4.78, 5) is 8.75. The van der Waals surface area contributed by atoms with Crippen molar-refractivity contribution in [2.75, 3.05) is 13.1 Å². The largest absolute Gasteiger partial charge is 0.388 e. The average Bonchev–Trinajstić information content (AvgIpc) is 3.19. The van der Waals surface area contributed by atoms with Gasteiger partial charge in [-0.05, 0) is 30.9 Å². The Morgan fingerprint density at radius 3 is 2.32 bits per heavy atom. The summed E-state index contributed by atoms with van der Waals surface area (Å²) in [7, 11) is 0. The van der Waals surface area contributed by atoms with Crippen LogP contribution in [-0.2, 0) is 13.1 Å². The van der Waals surface area contributed by atoms with Gasteiger partial charge >= 0.3 is 0 Å². The molecule has 28 heavy (non-hydrogen) atoms. The average molecular weight is 386 g/mol. The van der Waals surface area contributed by atoms with Crippen LogP contribution in [0.15, 0.2) is 48.0 Å². The van der Waals surface area contributed by atoms with Gasteiger partial charge in [-0.1, -0.05) is 51.0 Å². The summed E-state index contributed by atoms with van der Waals surface area (Å²) in [5, 5.41) is 17.4. The first-order valence-electron chi connectivity index (χ1n) is 10.4. The van der Waals surface area contributed by atoms with E-state index >= 15 is 0 Å². The zero-order valence-corrected chi connectivity index (χ0v) is 17.5. The molecule has 0 spiro atoms. The van der Waals surface area contributed by atoms with Crippen LogP contribution in [0.2, 0.25) is 0 Å². The molecule has 0 amide bonds. The van der Waals surface area contributed by atoms with Crippen molar-refractivity contribution in [3.63, 3.8) is 0 Å². The summed E-state index contributed by atoms with van der Waals surface area (Å²) in [5.41, 5.74) is 1.72. The van der Waals surface area contributed by atoms with Crippen LogP contribution in [-0.4, -0.2) is 39.3 Å². The van der Waals surface area contributed by atoms with Crippen molar-refractivity contribution >= 4 is 5.96 Å². The Morgan fingerprint density at radius 2 is 1.75 bits per heavy atom. The molecule has 0 bridgehead atoms. The third kappa shape index (κ3) is 7.35. The fraction of sp³-hybridized carbons (Fsp3) is 0.545. The van der Waals surface area contributed by atoms with Gasteiger partial charge in [-0.15, -0.1) is 0 Å². The maximum absolute atomic E-state index is 10.8. The third-order valence-corrected chi connectivity index (χ3v) is 4.73. The molecule has 2 aromatic rings. The highest BCUT2D eigenvalue weighted by Gasteiger charge is 2.24. The zero-order chi connectivity index (χ0) is 20.2. The molecule has 0 aliphatic carbocycles. The van der Waals surface area contributed by atoms with E-state index in [1.807, 2.05) is 24.0 Å². The normalized spacial score (nSPS) is 12.2. The molecule has 0 aliphatic rings. The van der Waals surface area contributed by atoms with E-state index in [1.165, 1.54) is 5.56 Å². The number of aliphatic hydroxyl groups is 1. The molecule has 0 aliphatic heterocycles. The van der Waals surface area contributed by atoms with Gasteiger partial charge in [0.25, 0.3) is 0 Å². The van der Waals surface area contributed by atoms with E-state index in [1.54, 1.807) is 6.20 Å². The van der Waals surface area contributed by atoms with E-state index in [2.05, 4.69) is 58.7 Å². The molecule has 0 fully saturated rings. The number of aliphatic imine (C=N–C) groups is 1. The van der Waals surface area contributed by atoms with E-state index in [0.29, 0.717) is 13.1 Å². The summed E-state index contributed by atoms with van der Waals surface area (Å²) in [6.45, 7) is 8.99. The number of benzene rings is 1. The Hall–Kier alpha value is -2.34. The second-order valence-electron chi connectivity index (χ2n) is 7.32. The van der Waals surface area contributed by atoms with Crippen molar-refractivity contribution < 1.29 is 5.11 Å². The molecule has 0 atom stereocenters. The lowest BCUT2D eigenvalue weighted by atomic mass is 9.93. The van der Waals surface area contributed by atoms with Crippen molar-refractivity contribution in [3.05, 3.63) is 54.1 Å². The second kappa shape index (κ2) is 11.5. The van der Waals surface area contributed by atoms with Gasteiger partial charge in [0.2, 0.25) is 0 Å². The van der Waals surface area contributed by atoms with E-state index in [9.17, 15) is 5.11 Å². The fourth-order valence-electron chi connectivity index (χ4n) is 3.33. The molecule has 1 heterocycles. The number of nitrogens with zero attached hydrogens (tertiary/aromatic N) is 3. The van der Waals surface area contributed by atoms with E-state index in [-0.39, 0.29) is 0 Å². The number of guanidine groups is 1. The van der Waals surface area contributed by atoms with Gasteiger partial charge < -0.3 is 20.3 Å². The Labute approximate surface area is 169 Å². The van der Waals surface area contributed by atoms with Crippen LogP contribution in [0.5, 0.6) is 0 Å². The molecule has 6 heteroatoms. The number of hydrogen-bond donors (Lipinski definition) is 3. The van der Waals surface area contributed by atoms with Gasteiger partial charge in [0.1, 0.15) is 0 Å². The fourth-order valence-corrected chi connectivity index (χ4v) is 3.33. The highest BCUT2D eigenvalue weighted by Crippen LogP contribution is 2.18. The molecule has 1 aromatic carbocycles. The predicted molar refractivity (Wildman–Crippen MR) is 115 cm³/mol. The summed E-state index contributed by atoms with van der Waals surface area (Å²) < 4.78 is 2.05. The molecular weight excluding hydrogens is 350 g/mol. The SMILES string of the molecule is CCCC(O)(CCC)CNC(=NCc1ccc(Cn2ccnc2)cc1)NCC. The lowest BCUT2D eigenvalue weighted by Gasteiger charge is -2.28. The van der Waals surface area contributed by atoms with Gasteiger partial charge in [0.15, 0.2) is 5.96 Å². The van der Waals surface area contributed by atoms with Crippen molar-refractivity contribution in [3.8, 4) is 0 Å². The van der Waals surface area contributed by atoms with Crippen LogP contribution in [0.1, 0.15) is 57.6 Å². The van der Waals surface area contributed by atoms with Crippen LogP contribution in [0.25, 0.3) is 0 Å². The summed E-state index contributed by atoms with van der Waals surface area (Å²) in [6.07, 6.45) is 9.11. The highest BCUT2D eigenvalue weighted by atomic mass is 16.3. The molecule has 0 radical (unpaired) electrons. The molecular formula is C22H35N5O. The van der Waals surface area contributed by atoms with E-state index < -0.39 is 5.60 Å². The number of aromatic nitrogens is 2. The minimum absolute atomic E-state index is 0.518. The Morgan fingerprint density at radius 1 is 1.07 bits per heavy atom. The van der Waals surface area contributed by atoms with Gasteiger partial charge in [-0.2, -0.15) is 0 Å². The summed E-state index contributed by atoms with van der Waals surface area (Å²) in [6, 6.07) is 8.49. The van der Waals surface area contributed by atoms with E-state index in [0.717, 1.165) is 50.3 Å². The van der Waals surface area contributed by atoms with Gasteiger partial charge in [0.05, 0.1) is 18.5 Å². The van der Waals surface area contributed by atoms with Crippen LogP contribution in [0.4, 0.5) is 0 Å². The van der Waals surface area contributed by atoms with Crippen molar-refractivity contribution in [1.29, 1.82) is 0 Å². The first-order valence-corrected chi connectivity index (χ1v) is 10.4. The molecule has 2 rings (SSSR count). The van der Waals surface area contributed by atoms with Gasteiger partial charge in [-0.25, -0.2) is 9.98 Å². The molecule has 154 valence electrons. The Kier molecular flexibility index (Phi) is 9.01. The quantitative estimate of drug-likeness (QED) is 0.410. The summed E-state index contributed by atoms with van der Waals surface area (Å²) in [5.74, 6) is 0.746. The number of hydrogen-bond acceptors (Lipinski definition) is 3. The first kappa shape index (κ1) is 22.0. The van der Waals surface area contributed by atoms with Crippen molar-refractivity contribution in [1.82, 2.24) is 20.2 Å². The lowest BCUT2D eigenvalue weighted by molar-refractivity contribution is 0.0257. The maximum atomic E-state index is 10.8. The first-order chi connectivity index (χ1) is 13.6. The number of rotatable bonds is 11. The Balaban J connectivity index is 1.93. The predicted octanol–water partition coefficient (Wildman–Crippen LogP) is 3.32. The number of imidazole rings is 1. The van der Waals surface area contributed by atoms with E-state index in [4.69, 9.17) is 0 Å².